The van der Waals surface area contributed by atoms with Gasteiger partial charge in [-0.1, -0.05) is 0 Å². The summed E-state index contributed by atoms with van der Waals surface area (Å²) in [6.45, 7) is 2.12. The molecule has 21 heavy (non-hydrogen) atoms. The fourth-order valence-corrected chi connectivity index (χ4v) is 4.67. The molecule has 2 aromatic heterocycles. The van der Waals surface area contributed by atoms with Crippen LogP contribution in [0.3, 0.4) is 0 Å². The molecule has 1 fully saturated rings. The van der Waals surface area contributed by atoms with Gasteiger partial charge in [-0.05, 0) is 38.5 Å². The van der Waals surface area contributed by atoms with Crippen LogP contribution in [0.1, 0.15) is 47.2 Å². The molecule has 1 unspecified atom stereocenters. The SMILES string of the molecule is c1cnc(N2CCCC(c3nc4c(s3)CCCC4)C2)cn1. The molecule has 1 atom stereocenters. The van der Waals surface area contributed by atoms with Crippen LogP contribution in [0.2, 0.25) is 0 Å². The summed E-state index contributed by atoms with van der Waals surface area (Å²) in [4.78, 5) is 17.5. The van der Waals surface area contributed by atoms with Gasteiger partial charge < -0.3 is 4.90 Å². The van der Waals surface area contributed by atoms with Crippen molar-refractivity contribution in [2.45, 2.75) is 44.4 Å². The monoisotopic (exact) mass is 300 g/mol. The van der Waals surface area contributed by atoms with Crippen LogP contribution in [-0.4, -0.2) is 28.0 Å². The normalized spacial score (nSPS) is 22.1. The zero-order valence-electron chi connectivity index (χ0n) is 12.2. The Morgan fingerprint density at radius 1 is 1.14 bits per heavy atom. The number of hydrogen-bond donors (Lipinski definition) is 0. The van der Waals surface area contributed by atoms with Crippen LogP contribution < -0.4 is 4.90 Å². The summed E-state index contributed by atoms with van der Waals surface area (Å²) in [6.07, 6.45) is 12.9. The molecule has 0 N–H and O–H groups in total. The van der Waals surface area contributed by atoms with Gasteiger partial charge in [-0.25, -0.2) is 9.97 Å². The number of piperidine rings is 1. The number of hydrogen-bond acceptors (Lipinski definition) is 5. The average Bonchev–Trinajstić information content (AvgIpc) is 3.00. The second-order valence-electron chi connectivity index (χ2n) is 5.98. The first-order valence-electron chi connectivity index (χ1n) is 7.89. The highest BCUT2D eigenvalue weighted by Crippen LogP contribution is 2.35. The van der Waals surface area contributed by atoms with Gasteiger partial charge in [-0.2, -0.15) is 0 Å². The maximum atomic E-state index is 4.96. The van der Waals surface area contributed by atoms with E-state index in [4.69, 9.17) is 4.98 Å². The number of aromatic nitrogens is 3. The lowest BCUT2D eigenvalue weighted by molar-refractivity contribution is 0.504. The van der Waals surface area contributed by atoms with Gasteiger partial charge in [0.2, 0.25) is 0 Å². The molecule has 4 nitrogen and oxygen atoms in total. The lowest BCUT2D eigenvalue weighted by Gasteiger charge is -2.32. The smallest absolute Gasteiger partial charge is 0.147 e. The van der Waals surface area contributed by atoms with Gasteiger partial charge in [0, 0.05) is 36.3 Å². The Labute approximate surface area is 129 Å². The summed E-state index contributed by atoms with van der Waals surface area (Å²) >= 11 is 1.97. The van der Waals surface area contributed by atoms with Crippen molar-refractivity contribution in [1.29, 1.82) is 0 Å². The van der Waals surface area contributed by atoms with Crippen molar-refractivity contribution >= 4 is 17.2 Å². The summed E-state index contributed by atoms with van der Waals surface area (Å²) in [7, 11) is 0. The summed E-state index contributed by atoms with van der Waals surface area (Å²) in [5, 5.41) is 1.36. The summed E-state index contributed by atoms with van der Waals surface area (Å²) in [5.41, 5.74) is 1.39. The van der Waals surface area contributed by atoms with Crippen molar-refractivity contribution in [3.8, 4) is 0 Å². The summed E-state index contributed by atoms with van der Waals surface area (Å²) in [5.74, 6) is 1.57. The van der Waals surface area contributed by atoms with Gasteiger partial charge in [-0.15, -0.1) is 11.3 Å². The van der Waals surface area contributed by atoms with Crippen molar-refractivity contribution in [2.75, 3.05) is 18.0 Å². The molecule has 110 valence electrons. The number of aryl methyl sites for hydroxylation is 2. The lowest BCUT2D eigenvalue weighted by Crippen LogP contribution is -2.34. The summed E-state index contributed by atoms with van der Waals surface area (Å²) in [6, 6.07) is 0. The molecule has 0 radical (unpaired) electrons. The minimum absolute atomic E-state index is 0.566. The van der Waals surface area contributed by atoms with Crippen LogP contribution in [0.15, 0.2) is 18.6 Å². The van der Waals surface area contributed by atoms with Crippen molar-refractivity contribution in [1.82, 2.24) is 15.0 Å². The van der Waals surface area contributed by atoms with E-state index in [2.05, 4.69) is 14.9 Å². The van der Waals surface area contributed by atoms with E-state index in [1.54, 1.807) is 17.3 Å². The second-order valence-corrected chi connectivity index (χ2v) is 7.09. The number of anilines is 1. The first kappa shape index (κ1) is 13.2. The van der Waals surface area contributed by atoms with Crippen LogP contribution in [-0.2, 0) is 12.8 Å². The number of fused-ring (bicyclic) bond motifs is 1. The van der Waals surface area contributed by atoms with Gasteiger partial charge >= 0.3 is 0 Å². The average molecular weight is 300 g/mol. The Hall–Kier alpha value is -1.49. The van der Waals surface area contributed by atoms with E-state index in [0.717, 1.165) is 18.9 Å². The van der Waals surface area contributed by atoms with Crippen molar-refractivity contribution < 1.29 is 0 Å². The third kappa shape index (κ3) is 2.67. The van der Waals surface area contributed by atoms with E-state index in [0.29, 0.717) is 5.92 Å². The Kier molecular flexibility index (Phi) is 3.59. The third-order valence-electron chi connectivity index (χ3n) is 4.51. The van der Waals surface area contributed by atoms with Gasteiger partial charge in [0.15, 0.2) is 0 Å². The standard InChI is InChI=1S/C16H20N4S/c1-2-6-14-13(5-1)19-16(21-14)12-4-3-9-20(11-12)15-10-17-7-8-18-15/h7-8,10,12H,1-6,9,11H2. The summed E-state index contributed by atoms with van der Waals surface area (Å²) < 4.78 is 0. The Bertz CT molecular complexity index is 586. The quantitative estimate of drug-likeness (QED) is 0.854. The fourth-order valence-electron chi connectivity index (χ4n) is 3.39. The van der Waals surface area contributed by atoms with Gasteiger partial charge in [0.05, 0.1) is 16.9 Å². The Morgan fingerprint density at radius 3 is 2.95 bits per heavy atom. The molecule has 4 rings (SSSR count). The van der Waals surface area contributed by atoms with Crippen LogP contribution in [0.5, 0.6) is 0 Å². The molecular formula is C16H20N4S. The third-order valence-corrected chi connectivity index (χ3v) is 5.83. The molecule has 0 spiro atoms. The van der Waals surface area contributed by atoms with E-state index in [9.17, 15) is 0 Å². The fraction of sp³-hybridized carbons (Fsp3) is 0.562. The number of rotatable bonds is 2. The van der Waals surface area contributed by atoms with E-state index in [-0.39, 0.29) is 0 Å². The molecule has 0 bridgehead atoms. The maximum absolute atomic E-state index is 4.96. The highest BCUT2D eigenvalue weighted by atomic mass is 32.1. The molecule has 2 aromatic rings. The number of nitrogens with zero attached hydrogens (tertiary/aromatic N) is 4. The van der Waals surface area contributed by atoms with Crippen molar-refractivity contribution in [3.63, 3.8) is 0 Å². The van der Waals surface area contributed by atoms with Crippen molar-refractivity contribution in [2.24, 2.45) is 0 Å². The highest BCUT2D eigenvalue weighted by molar-refractivity contribution is 7.11. The molecule has 1 aliphatic carbocycles. The molecular weight excluding hydrogens is 280 g/mol. The zero-order valence-corrected chi connectivity index (χ0v) is 13.0. The predicted molar refractivity (Wildman–Crippen MR) is 85.0 cm³/mol. The topological polar surface area (TPSA) is 41.9 Å². The first-order valence-corrected chi connectivity index (χ1v) is 8.71. The van der Waals surface area contributed by atoms with Crippen LogP contribution in [0.25, 0.3) is 0 Å². The van der Waals surface area contributed by atoms with E-state index in [1.807, 2.05) is 17.5 Å². The molecule has 3 heterocycles. The van der Waals surface area contributed by atoms with Crippen LogP contribution in [0, 0.1) is 0 Å². The highest BCUT2D eigenvalue weighted by Gasteiger charge is 2.26. The largest absolute Gasteiger partial charge is 0.355 e. The van der Waals surface area contributed by atoms with Crippen molar-refractivity contribution in [3.05, 3.63) is 34.2 Å². The maximum Gasteiger partial charge on any atom is 0.147 e. The van der Waals surface area contributed by atoms with Gasteiger partial charge in [0.1, 0.15) is 5.82 Å². The molecule has 0 aromatic carbocycles. The zero-order chi connectivity index (χ0) is 14.1. The van der Waals surface area contributed by atoms with Crippen LogP contribution in [0.4, 0.5) is 5.82 Å². The molecule has 1 saturated heterocycles. The minimum Gasteiger partial charge on any atom is -0.355 e. The molecule has 5 heteroatoms. The van der Waals surface area contributed by atoms with Gasteiger partial charge in [0.25, 0.3) is 0 Å². The van der Waals surface area contributed by atoms with E-state index < -0.39 is 0 Å². The second kappa shape index (κ2) is 5.72. The van der Waals surface area contributed by atoms with Crippen LogP contribution >= 0.6 is 11.3 Å². The Balaban J connectivity index is 1.54. The predicted octanol–water partition coefficient (Wildman–Crippen LogP) is 3.20. The first-order chi connectivity index (χ1) is 10.4. The van der Waals surface area contributed by atoms with E-state index >= 15 is 0 Å². The minimum atomic E-state index is 0.566. The number of thiazole rings is 1. The molecule has 2 aliphatic rings. The molecule has 1 aliphatic heterocycles. The molecule has 0 saturated carbocycles. The Morgan fingerprint density at radius 2 is 2.10 bits per heavy atom. The van der Waals surface area contributed by atoms with E-state index in [1.165, 1.54) is 49.2 Å². The lowest BCUT2D eigenvalue weighted by atomic mass is 9.98. The van der Waals surface area contributed by atoms with Gasteiger partial charge in [-0.3, -0.25) is 4.98 Å². The molecule has 0 amide bonds.